The van der Waals surface area contributed by atoms with E-state index < -0.39 is 17.6 Å². The van der Waals surface area contributed by atoms with Gasteiger partial charge in [-0.3, -0.25) is 0 Å². The fourth-order valence-electron chi connectivity index (χ4n) is 4.12. The third-order valence-electron chi connectivity index (χ3n) is 5.64. The summed E-state index contributed by atoms with van der Waals surface area (Å²) in [5.41, 5.74) is 1.34. The van der Waals surface area contributed by atoms with E-state index in [2.05, 4.69) is 13.8 Å². The van der Waals surface area contributed by atoms with Crippen molar-refractivity contribution < 1.29 is 23.0 Å². The van der Waals surface area contributed by atoms with Crippen LogP contribution in [0.25, 0.3) is 11.1 Å². The van der Waals surface area contributed by atoms with E-state index in [1.165, 1.54) is 38.5 Å². The van der Waals surface area contributed by atoms with Gasteiger partial charge in [-0.05, 0) is 65.6 Å². The maximum absolute atomic E-state index is 14.7. The molecule has 1 atom stereocenters. The highest BCUT2D eigenvalue weighted by atomic mass is 19.1. The van der Waals surface area contributed by atoms with E-state index in [-0.39, 0.29) is 22.5 Å². The van der Waals surface area contributed by atoms with E-state index in [4.69, 9.17) is 9.47 Å². The molecule has 1 aliphatic rings. The molecular weight excluding hydrogens is 350 g/mol. The van der Waals surface area contributed by atoms with Crippen LogP contribution >= 0.6 is 0 Å². The molecule has 0 saturated heterocycles. The van der Waals surface area contributed by atoms with Gasteiger partial charge in [0.25, 0.3) is 0 Å². The maximum Gasteiger partial charge on any atom is 0.340 e. The third kappa shape index (κ3) is 3.55. The van der Waals surface area contributed by atoms with Crippen LogP contribution in [0.1, 0.15) is 54.9 Å². The van der Waals surface area contributed by atoms with Crippen LogP contribution in [0.5, 0.6) is 5.75 Å². The molecule has 1 fully saturated rings. The normalized spacial score (nSPS) is 18.4. The van der Waals surface area contributed by atoms with Gasteiger partial charge in [0, 0.05) is 5.56 Å². The Kier molecular flexibility index (Phi) is 5.22. The minimum Gasteiger partial charge on any atom is -0.497 e. The highest BCUT2D eigenvalue weighted by Gasteiger charge is 2.38. The Morgan fingerprint density at radius 3 is 2.41 bits per heavy atom. The number of methoxy groups -OCH3 is 2. The number of esters is 1. The van der Waals surface area contributed by atoms with Gasteiger partial charge in [0.1, 0.15) is 17.4 Å². The SMILES string of the molecule is COC(=O)c1cc(C2CCCC2(C)C)c(-c2cc(OC)ccc2F)cc1F. The summed E-state index contributed by atoms with van der Waals surface area (Å²) in [5, 5.41) is 0. The number of rotatable bonds is 4. The Morgan fingerprint density at radius 2 is 1.81 bits per heavy atom. The molecule has 0 heterocycles. The van der Waals surface area contributed by atoms with Crippen molar-refractivity contribution in [2.75, 3.05) is 14.2 Å². The van der Waals surface area contributed by atoms with Crippen LogP contribution in [0, 0.1) is 17.0 Å². The zero-order valence-electron chi connectivity index (χ0n) is 16.1. The largest absolute Gasteiger partial charge is 0.497 e. The molecule has 0 radical (unpaired) electrons. The fraction of sp³-hybridized carbons (Fsp3) is 0.409. The van der Waals surface area contributed by atoms with Gasteiger partial charge in [0.2, 0.25) is 0 Å². The van der Waals surface area contributed by atoms with Gasteiger partial charge in [0.15, 0.2) is 0 Å². The zero-order valence-corrected chi connectivity index (χ0v) is 16.1. The molecule has 27 heavy (non-hydrogen) atoms. The van der Waals surface area contributed by atoms with Gasteiger partial charge in [-0.1, -0.05) is 20.3 Å². The average molecular weight is 374 g/mol. The predicted molar refractivity (Wildman–Crippen MR) is 100 cm³/mol. The van der Waals surface area contributed by atoms with Crippen LogP contribution in [0.15, 0.2) is 30.3 Å². The van der Waals surface area contributed by atoms with Crippen LogP contribution in [-0.2, 0) is 4.74 Å². The summed E-state index contributed by atoms with van der Waals surface area (Å²) < 4.78 is 39.3. The van der Waals surface area contributed by atoms with Crippen molar-refractivity contribution in [1.82, 2.24) is 0 Å². The van der Waals surface area contributed by atoms with E-state index in [1.54, 1.807) is 6.07 Å². The second-order valence-corrected chi connectivity index (χ2v) is 7.69. The maximum atomic E-state index is 14.7. The lowest BCUT2D eigenvalue weighted by Crippen LogP contribution is -2.18. The first-order valence-electron chi connectivity index (χ1n) is 9.04. The number of carbonyl (C=O) groups excluding carboxylic acids is 1. The molecule has 0 N–H and O–H groups in total. The van der Waals surface area contributed by atoms with Crippen molar-refractivity contribution in [3.63, 3.8) is 0 Å². The third-order valence-corrected chi connectivity index (χ3v) is 5.64. The summed E-state index contributed by atoms with van der Waals surface area (Å²) in [4.78, 5) is 12.0. The minimum atomic E-state index is -0.734. The molecule has 3 rings (SSSR count). The van der Waals surface area contributed by atoms with Crippen LogP contribution < -0.4 is 4.74 Å². The number of halogens is 2. The summed E-state index contributed by atoms with van der Waals surface area (Å²) in [6.45, 7) is 4.30. The van der Waals surface area contributed by atoms with Gasteiger partial charge in [-0.25, -0.2) is 13.6 Å². The standard InChI is InChI=1S/C22H24F2O3/c1-22(2)9-5-6-18(22)15-11-17(21(25)27-4)20(24)12-14(15)16-10-13(26-3)7-8-19(16)23/h7-8,10-12,18H,5-6,9H2,1-4H3. The first-order valence-corrected chi connectivity index (χ1v) is 9.04. The molecule has 1 unspecified atom stereocenters. The lowest BCUT2D eigenvalue weighted by molar-refractivity contribution is 0.0595. The number of hydrogen-bond acceptors (Lipinski definition) is 3. The van der Waals surface area contributed by atoms with E-state index in [0.29, 0.717) is 11.3 Å². The van der Waals surface area contributed by atoms with Crippen molar-refractivity contribution in [2.24, 2.45) is 5.41 Å². The van der Waals surface area contributed by atoms with Gasteiger partial charge in [-0.2, -0.15) is 0 Å². The van der Waals surface area contributed by atoms with Crippen molar-refractivity contribution in [1.29, 1.82) is 0 Å². The smallest absolute Gasteiger partial charge is 0.340 e. The minimum absolute atomic E-state index is 0.0324. The second kappa shape index (κ2) is 7.29. The molecule has 0 amide bonds. The quantitative estimate of drug-likeness (QED) is 0.642. The van der Waals surface area contributed by atoms with Gasteiger partial charge >= 0.3 is 5.97 Å². The Balaban J connectivity index is 2.27. The number of hydrogen-bond donors (Lipinski definition) is 0. The summed E-state index contributed by atoms with van der Waals surface area (Å²) in [7, 11) is 2.72. The molecule has 5 heteroatoms. The Labute approximate surface area is 158 Å². The predicted octanol–water partition coefficient (Wildman–Crippen LogP) is 5.72. The van der Waals surface area contributed by atoms with Gasteiger partial charge in [0.05, 0.1) is 19.8 Å². The van der Waals surface area contributed by atoms with Crippen molar-refractivity contribution >= 4 is 5.97 Å². The Bertz CT molecular complexity index is 874. The van der Waals surface area contributed by atoms with Gasteiger partial charge in [-0.15, -0.1) is 0 Å². The first kappa shape index (κ1) is 19.3. The molecule has 2 aromatic rings. The molecule has 3 nitrogen and oxygen atoms in total. The molecule has 144 valence electrons. The van der Waals surface area contributed by atoms with E-state index >= 15 is 0 Å². The summed E-state index contributed by atoms with van der Waals surface area (Å²) in [6.07, 6.45) is 2.95. The topological polar surface area (TPSA) is 35.5 Å². The fourth-order valence-corrected chi connectivity index (χ4v) is 4.12. The molecule has 1 aliphatic carbocycles. The molecule has 0 bridgehead atoms. The molecule has 0 spiro atoms. The highest BCUT2D eigenvalue weighted by Crippen LogP contribution is 2.51. The molecule has 0 aliphatic heterocycles. The average Bonchev–Trinajstić information content (AvgIpc) is 3.00. The first-order chi connectivity index (χ1) is 12.8. The summed E-state index contributed by atoms with van der Waals surface area (Å²) >= 11 is 0. The molecule has 0 aromatic heterocycles. The van der Waals surface area contributed by atoms with Crippen LogP contribution in [-0.4, -0.2) is 20.2 Å². The lowest BCUT2D eigenvalue weighted by atomic mass is 9.75. The van der Waals surface area contributed by atoms with Gasteiger partial charge < -0.3 is 9.47 Å². The van der Waals surface area contributed by atoms with Crippen LogP contribution in [0.4, 0.5) is 8.78 Å². The van der Waals surface area contributed by atoms with E-state index in [9.17, 15) is 13.6 Å². The Hall–Kier alpha value is -2.43. The number of ether oxygens (including phenoxy) is 2. The molecular formula is C22H24F2O3. The monoisotopic (exact) mass is 374 g/mol. The molecule has 2 aromatic carbocycles. The number of carbonyl (C=O) groups is 1. The molecule has 1 saturated carbocycles. The van der Waals surface area contributed by atoms with E-state index in [1.807, 2.05) is 0 Å². The summed E-state index contributed by atoms with van der Waals surface area (Å²) in [6, 6.07) is 7.18. The summed E-state index contributed by atoms with van der Waals surface area (Å²) in [5.74, 6) is -1.35. The second-order valence-electron chi connectivity index (χ2n) is 7.69. The number of benzene rings is 2. The van der Waals surface area contributed by atoms with Crippen LogP contribution in [0.2, 0.25) is 0 Å². The van der Waals surface area contributed by atoms with Crippen molar-refractivity contribution in [2.45, 2.75) is 39.0 Å². The van der Waals surface area contributed by atoms with E-state index in [0.717, 1.165) is 24.8 Å². The van der Waals surface area contributed by atoms with Crippen LogP contribution in [0.3, 0.4) is 0 Å². The zero-order chi connectivity index (χ0) is 19.8. The van der Waals surface area contributed by atoms with Crippen molar-refractivity contribution in [3.8, 4) is 16.9 Å². The highest BCUT2D eigenvalue weighted by molar-refractivity contribution is 5.91. The Morgan fingerprint density at radius 1 is 1.07 bits per heavy atom. The van der Waals surface area contributed by atoms with Crippen molar-refractivity contribution in [3.05, 3.63) is 53.1 Å². The lowest BCUT2D eigenvalue weighted by Gasteiger charge is -2.30.